The van der Waals surface area contributed by atoms with Crippen LogP contribution in [0.15, 0.2) is 29.2 Å². The van der Waals surface area contributed by atoms with Crippen LogP contribution in [0.2, 0.25) is 5.02 Å². The third-order valence-electron chi connectivity index (χ3n) is 2.47. The van der Waals surface area contributed by atoms with Crippen LogP contribution in [0.3, 0.4) is 0 Å². The average molecular weight is 305 g/mol. The Hall–Kier alpha value is -1.11. The highest BCUT2D eigenvalue weighted by molar-refractivity contribution is 7.89. The third kappa shape index (κ3) is 4.81. The van der Waals surface area contributed by atoms with E-state index in [0.29, 0.717) is 11.4 Å². The number of carbonyl (C=O) groups is 1. The van der Waals surface area contributed by atoms with Crippen LogP contribution in [0.5, 0.6) is 0 Å². The van der Waals surface area contributed by atoms with E-state index in [-0.39, 0.29) is 10.8 Å². The van der Waals surface area contributed by atoms with Gasteiger partial charge in [-0.25, -0.2) is 8.42 Å². The SMILES string of the molecule is CC(C)C[C@H](NS(=O)(=O)c1ccc(Cl)cc1)C(N)=O. The van der Waals surface area contributed by atoms with E-state index in [4.69, 9.17) is 17.3 Å². The van der Waals surface area contributed by atoms with Gasteiger partial charge in [0.2, 0.25) is 15.9 Å². The minimum absolute atomic E-state index is 0.0481. The van der Waals surface area contributed by atoms with E-state index in [1.165, 1.54) is 24.3 Å². The molecule has 1 amide bonds. The summed E-state index contributed by atoms with van der Waals surface area (Å²) in [5.41, 5.74) is 5.21. The number of carbonyl (C=O) groups excluding carboxylic acids is 1. The maximum atomic E-state index is 12.1. The Morgan fingerprint density at radius 1 is 1.32 bits per heavy atom. The van der Waals surface area contributed by atoms with Crippen molar-refractivity contribution in [2.24, 2.45) is 11.7 Å². The molecule has 1 atom stereocenters. The van der Waals surface area contributed by atoms with Crippen molar-refractivity contribution in [3.63, 3.8) is 0 Å². The average Bonchev–Trinajstić information content (AvgIpc) is 2.27. The third-order valence-corrected chi connectivity index (χ3v) is 4.21. The molecule has 19 heavy (non-hydrogen) atoms. The molecule has 106 valence electrons. The fourth-order valence-corrected chi connectivity index (χ4v) is 2.91. The lowest BCUT2D eigenvalue weighted by Crippen LogP contribution is -2.45. The molecule has 0 aromatic heterocycles. The molecule has 7 heteroatoms. The van der Waals surface area contributed by atoms with Crippen LogP contribution in [-0.2, 0) is 14.8 Å². The fourth-order valence-electron chi connectivity index (χ4n) is 1.56. The molecule has 1 aromatic carbocycles. The number of amides is 1. The molecule has 1 aromatic rings. The van der Waals surface area contributed by atoms with Crippen molar-refractivity contribution in [1.82, 2.24) is 4.72 Å². The number of hydrogen-bond donors (Lipinski definition) is 2. The van der Waals surface area contributed by atoms with Crippen LogP contribution in [0.25, 0.3) is 0 Å². The number of halogens is 1. The largest absolute Gasteiger partial charge is 0.368 e. The lowest BCUT2D eigenvalue weighted by Gasteiger charge is -2.17. The molecule has 0 bridgehead atoms. The van der Waals surface area contributed by atoms with Crippen molar-refractivity contribution < 1.29 is 13.2 Å². The van der Waals surface area contributed by atoms with Crippen molar-refractivity contribution in [2.45, 2.75) is 31.2 Å². The summed E-state index contributed by atoms with van der Waals surface area (Å²) >= 11 is 5.70. The van der Waals surface area contributed by atoms with Crippen LogP contribution in [-0.4, -0.2) is 20.4 Å². The Kier molecular flexibility index (Phi) is 5.34. The zero-order valence-corrected chi connectivity index (χ0v) is 12.3. The molecule has 3 N–H and O–H groups in total. The Morgan fingerprint density at radius 2 is 1.84 bits per heavy atom. The molecule has 1 rings (SSSR count). The quantitative estimate of drug-likeness (QED) is 0.835. The molecule has 0 spiro atoms. The van der Waals surface area contributed by atoms with Gasteiger partial charge in [0.05, 0.1) is 4.90 Å². The van der Waals surface area contributed by atoms with Crippen LogP contribution in [0.4, 0.5) is 0 Å². The molecule has 0 aliphatic carbocycles. The van der Waals surface area contributed by atoms with E-state index in [9.17, 15) is 13.2 Å². The highest BCUT2D eigenvalue weighted by Gasteiger charge is 2.24. The van der Waals surface area contributed by atoms with Gasteiger partial charge in [-0.2, -0.15) is 4.72 Å². The van der Waals surface area contributed by atoms with Crippen molar-refractivity contribution in [3.8, 4) is 0 Å². The second-order valence-electron chi connectivity index (χ2n) is 4.66. The smallest absolute Gasteiger partial charge is 0.241 e. The molecule has 0 saturated carbocycles. The minimum atomic E-state index is -3.78. The summed E-state index contributed by atoms with van der Waals surface area (Å²) in [5.74, 6) is -0.545. The van der Waals surface area contributed by atoms with E-state index in [1.807, 2.05) is 13.8 Å². The predicted octanol–water partition coefficient (Wildman–Crippen LogP) is 1.52. The van der Waals surface area contributed by atoms with Gasteiger partial charge in [-0.3, -0.25) is 4.79 Å². The number of nitrogens with two attached hydrogens (primary N) is 1. The molecule has 0 heterocycles. The van der Waals surface area contributed by atoms with E-state index < -0.39 is 22.0 Å². The molecule has 0 saturated heterocycles. The Bertz CT molecular complexity index is 541. The summed E-state index contributed by atoms with van der Waals surface area (Å²) in [6.45, 7) is 3.76. The molecular weight excluding hydrogens is 288 g/mol. The van der Waals surface area contributed by atoms with Gasteiger partial charge >= 0.3 is 0 Å². The van der Waals surface area contributed by atoms with Gasteiger partial charge in [-0.1, -0.05) is 25.4 Å². The number of benzene rings is 1. The summed E-state index contributed by atoms with van der Waals surface area (Å²) in [6.07, 6.45) is 0.349. The highest BCUT2D eigenvalue weighted by Crippen LogP contribution is 2.15. The van der Waals surface area contributed by atoms with Crippen LogP contribution in [0, 0.1) is 5.92 Å². The predicted molar refractivity (Wildman–Crippen MR) is 74.2 cm³/mol. The van der Waals surface area contributed by atoms with E-state index >= 15 is 0 Å². The first-order valence-electron chi connectivity index (χ1n) is 5.79. The van der Waals surface area contributed by atoms with Gasteiger partial charge in [0.25, 0.3) is 0 Å². The second kappa shape index (κ2) is 6.36. The number of nitrogens with one attached hydrogen (secondary N) is 1. The van der Waals surface area contributed by atoms with Crippen molar-refractivity contribution >= 4 is 27.5 Å². The monoisotopic (exact) mass is 304 g/mol. The van der Waals surface area contributed by atoms with E-state index in [0.717, 1.165) is 0 Å². The number of sulfonamides is 1. The molecule has 0 radical (unpaired) electrons. The Balaban J connectivity index is 2.94. The summed E-state index contributed by atoms with van der Waals surface area (Å²) in [6, 6.07) is 4.77. The summed E-state index contributed by atoms with van der Waals surface area (Å²) in [7, 11) is -3.78. The van der Waals surface area contributed by atoms with Gasteiger partial charge in [0, 0.05) is 5.02 Å². The van der Waals surface area contributed by atoms with E-state index in [2.05, 4.69) is 4.72 Å². The standard InChI is InChI=1S/C12H17ClN2O3S/c1-8(2)7-11(12(14)16)15-19(17,18)10-5-3-9(13)4-6-10/h3-6,8,11,15H,7H2,1-2H3,(H2,14,16)/t11-/m0/s1. The molecule has 0 aliphatic heterocycles. The van der Waals surface area contributed by atoms with Crippen molar-refractivity contribution in [3.05, 3.63) is 29.3 Å². The molecule has 5 nitrogen and oxygen atoms in total. The van der Waals surface area contributed by atoms with Gasteiger partial charge in [-0.05, 0) is 36.6 Å². The van der Waals surface area contributed by atoms with Gasteiger partial charge in [0.15, 0.2) is 0 Å². The molecule has 0 aliphatic rings. The number of rotatable bonds is 6. The molecule has 0 unspecified atom stereocenters. The van der Waals surface area contributed by atoms with Crippen molar-refractivity contribution in [2.75, 3.05) is 0 Å². The summed E-state index contributed by atoms with van der Waals surface area (Å²) < 4.78 is 26.5. The van der Waals surface area contributed by atoms with Gasteiger partial charge in [-0.15, -0.1) is 0 Å². The topological polar surface area (TPSA) is 89.3 Å². The molecular formula is C12H17ClN2O3S. The Morgan fingerprint density at radius 3 is 2.26 bits per heavy atom. The van der Waals surface area contributed by atoms with Crippen LogP contribution >= 0.6 is 11.6 Å². The van der Waals surface area contributed by atoms with Gasteiger partial charge in [0.1, 0.15) is 6.04 Å². The van der Waals surface area contributed by atoms with Crippen molar-refractivity contribution in [1.29, 1.82) is 0 Å². The van der Waals surface area contributed by atoms with E-state index in [1.54, 1.807) is 0 Å². The summed E-state index contributed by atoms with van der Waals surface area (Å²) in [5, 5.41) is 0.438. The molecule has 0 fully saturated rings. The van der Waals surface area contributed by atoms with Crippen LogP contribution in [0.1, 0.15) is 20.3 Å². The lowest BCUT2D eigenvalue weighted by molar-refractivity contribution is -0.119. The first-order chi connectivity index (χ1) is 8.72. The van der Waals surface area contributed by atoms with Gasteiger partial charge < -0.3 is 5.73 Å². The number of primary amides is 1. The maximum absolute atomic E-state index is 12.1. The summed E-state index contributed by atoms with van der Waals surface area (Å²) in [4.78, 5) is 11.3. The minimum Gasteiger partial charge on any atom is -0.368 e. The first kappa shape index (κ1) is 15.9. The highest BCUT2D eigenvalue weighted by atomic mass is 35.5. The van der Waals surface area contributed by atoms with Crippen LogP contribution < -0.4 is 10.5 Å². The zero-order valence-electron chi connectivity index (χ0n) is 10.8. The second-order valence-corrected chi connectivity index (χ2v) is 6.81. The Labute approximate surface area is 118 Å². The lowest BCUT2D eigenvalue weighted by atomic mass is 10.0. The normalized spacial score (nSPS) is 13.5. The number of hydrogen-bond acceptors (Lipinski definition) is 3. The first-order valence-corrected chi connectivity index (χ1v) is 7.65. The zero-order chi connectivity index (χ0) is 14.6. The maximum Gasteiger partial charge on any atom is 0.241 e. The fraction of sp³-hybridized carbons (Fsp3) is 0.417.